The number of carbonyl (C=O) groups is 1. The summed E-state index contributed by atoms with van der Waals surface area (Å²) in [6, 6.07) is 6.95. The van der Waals surface area contributed by atoms with Gasteiger partial charge in [0, 0.05) is 25.0 Å². The first-order valence-corrected chi connectivity index (χ1v) is 9.90. The summed E-state index contributed by atoms with van der Waals surface area (Å²) in [7, 11) is -3.43. The normalized spacial score (nSPS) is 17.7. The molecule has 1 aromatic carbocycles. The van der Waals surface area contributed by atoms with Crippen LogP contribution < -0.4 is 5.32 Å². The number of aryl methyl sites for hydroxylation is 1. The molecule has 0 aliphatic carbocycles. The Bertz CT molecular complexity index is 667. The fourth-order valence-electron chi connectivity index (χ4n) is 2.94. The maximum Gasteiger partial charge on any atom is 0.243 e. The highest BCUT2D eigenvalue weighted by molar-refractivity contribution is 7.89. The van der Waals surface area contributed by atoms with E-state index in [2.05, 4.69) is 5.32 Å². The standard InChI is InChI=1S/C18H28N2O3S/c1-14-5-7-16(8-6-14)24(22,23)20-11-9-15(10-12-20)13-17(21)19-18(2,3)4/h5-8,15H,9-13H2,1-4H3,(H,19,21). The van der Waals surface area contributed by atoms with Gasteiger partial charge >= 0.3 is 0 Å². The van der Waals surface area contributed by atoms with E-state index in [0.29, 0.717) is 24.4 Å². The molecule has 134 valence electrons. The maximum atomic E-state index is 12.7. The fraction of sp³-hybridized carbons (Fsp3) is 0.611. The minimum absolute atomic E-state index is 0.0438. The van der Waals surface area contributed by atoms with Crippen molar-refractivity contribution < 1.29 is 13.2 Å². The molecule has 0 unspecified atom stereocenters. The van der Waals surface area contributed by atoms with Gasteiger partial charge in [0.15, 0.2) is 0 Å². The Kier molecular flexibility index (Phi) is 5.71. The van der Waals surface area contributed by atoms with Crippen LogP contribution in [0.3, 0.4) is 0 Å². The molecule has 1 saturated heterocycles. The minimum Gasteiger partial charge on any atom is -0.352 e. The third kappa shape index (κ3) is 5.05. The van der Waals surface area contributed by atoms with Gasteiger partial charge in [0.1, 0.15) is 0 Å². The Balaban J connectivity index is 1.92. The van der Waals surface area contributed by atoms with Crippen LogP contribution in [-0.2, 0) is 14.8 Å². The van der Waals surface area contributed by atoms with Gasteiger partial charge in [0.05, 0.1) is 4.90 Å². The summed E-state index contributed by atoms with van der Waals surface area (Å²) in [5.74, 6) is 0.291. The minimum atomic E-state index is -3.43. The molecule has 5 nitrogen and oxygen atoms in total. The molecule has 0 spiro atoms. The highest BCUT2D eigenvalue weighted by atomic mass is 32.2. The largest absolute Gasteiger partial charge is 0.352 e. The van der Waals surface area contributed by atoms with E-state index in [-0.39, 0.29) is 17.4 Å². The highest BCUT2D eigenvalue weighted by Crippen LogP contribution is 2.26. The van der Waals surface area contributed by atoms with E-state index >= 15 is 0 Å². The van der Waals surface area contributed by atoms with Crippen molar-refractivity contribution >= 4 is 15.9 Å². The molecule has 6 heteroatoms. The lowest BCUT2D eigenvalue weighted by Crippen LogP contribution is -2.43. The molecule has 1 heterocycles. The summed E-state index contributed by atoms with van der Waals surface area (Å²) < 4.78 is 26.9. The number of amides is 1. The predicted octanol–water partition coefficient (Wildman–Crippen LogP) is 2.70. The van der Waals surface area contributed by atoms with Gasteiger partial charge in [-0.05, 0) is 58.6 Å². The van der Waals surface area contributed by atoms with Crippen molar-refractivity contribution in [2.24, 2.45) is 5.92 Å². The van der Waals surface area contributed by atoms with Gasteiger partial charge in [-0.2, -0.15) is 4.31 Å². The van der Waals surface area contributed by atoms with E-state index in [0.717, 1.165) is 18.4 Å². The SMILES string of the molecule is Cc1ccc(S(=O)(=O)N2CCC(CC(=O)NC(C)(C)C)CC2)cc1. The van der Waals surface area contributed by atoms with E-state index in [1.54, 1.807) is 12.1 Å². The maximum absolute atomic E-state index is 12.7. The second kappa shape index (κ2) is 7.23. The van der Waals surface area contributed by atoms with Crippen molar-refractivity contribution in [2.75, 3.05) is 13.1 Å². The molecule has 0 bridgehead atoms. The van der Waals surface area contributed by atoms with E-state index in [4.69, 9.17) is 0 Å². The number of piperidine rings is 1. The zero-order valence-corrected chi connectivity index (χ0v) is 15.8. The van der Waals surface area contributed by atoms with Crippen LogP contribution >= 0.6 is 0 Å². The molecular formula is C18H28N2O3S. The monoisotopic (exact) mass is 352 g/mol. The Morgan fingerprint density at radius 2 is 1.71 bits per heavy atom. The summed E-state index contributed by atoms with van der Waals surface area (Å²) in [5, 5.41) is 2.97. The first-order valence-electron chi connectivity index (χ1n) is 8.46. The molecule has 0 atom stereocenters. The summed E-state index contributed by atoms with van der Waals surface area (Å²) in [6.07, 6.45) is 1.92. The topological polar surface area (TPSA) is 66.5 Å². The van der Waals surface area contributed by atoms with Crippen LogP contribution in [0.1, 0.15) is 45.6 Å². The first-order chi connectivity index (χ1) is 11.1. The fourth-order valence-corrected chi connectivity index (χ4v) is 4.41. The Morgan fingerprint density at radius 3 is 2.21 bits per heavy atom. The van der Waals surface area contributed by atoms with E-state index < -0.39 is 10.0 Å². The van der Waals surface area contributed by atoms with Gasteiger partial charge in [0.2, 0.25) is 15.9 Å². The lowest BCUT2D eigenvalue weighted by Gasteiger charge is -2.31. The van der Waals surface area contributed by atoms with Gasteiger partial charge in [0.25, 0.3) is 0 Å². The molecule has 1 fully saturated rings. The molecule has 0 radical (unpaired) electrons. The summed E-state index contributed by atoms with van der Waals surface area (Å²) >= 11 is 0. The second-order valence-electron chi connectivity index (χ2n) is 7.66. The smallest absolute Gasteiger partial charge is 0.243 e. The quantitative estimate of drug-likeness (QED) is 0.906. The first kappa shape index (κ1) is 18.9. The average molecular weight is 353 g/mol. The van der Waals surface area contributed by atoms with E-state index in [9.17, 15) is 13.2 Å². The van der Waals surface area contributed by atoms with Crippen LogP contribution in [0.15, 0.2) is 29.2 Å². The van der Waals surface area contributed by atoms with Crippen molar-refractivity contribution in [3.05, 3.63) is 29.8 Å². The van der Waals surface area contributed by atoms with Crippen molar-refractivity contribution in [2.45, 2.75) is 57.4 Å². The van der Waals surface area contributed by atoms with Crippen molar-refractivity contribution in [1.29, 1.82) is 0 Å². The molecule has 2 rings (SSSR count). The lowest BCUT2D eigenvalue weighted by atomic mass is 9.94. The summed E-state index contributed by atoms with van der Waals surface area (Å²) in [5.41, 5.74) is 0.810. The van der Waals surface area contributed by atoms with Crippen LogP contribution in [0.25, 0.3) is 0 Å². The molecule has 0 aromatic heterocycles. The molecule has 1 aliphatic heterocycles. The van der Waals surface area contributed by atoms with Crippen LogP contribution in [0, 0.1) is 12.8 Å². The van der Waals surface area contributed by atoms with Crippen LogP contribution in [-0.4, -0.2) is 37.3 Å². The van der Waals surface area contributed by atoms with Gasteiger partial charge in [-0.15, -0.1) is 0 Å². The van der Waals surface area contributed by atoms with E-state index in [1.807, 2.05) is 39.8 Å². The molecule has 0 saturated carbocycles. The van der Waals surface area contributed by atoms with Crippen LogP contribution in [0.5, 0.6) is 0 Å². The zero-order valence-electron chi connectivity index (χ0n) is 15.0. The molecule has 1 amide bonds. The molecule has 1 N–H and O–H groups in total. The van der Waals surface area contributed by atoms with Gasteiger partial charge in [-0.1, -0.05) is 17.7 Å². The number of hydrogen-bond acceptors (Lipinski definition) is 3. The zero-order chi connectivity index (χ0) is 18.0. The number of rotatable bonds is 4. The molecule has 24 heavy (non-hydrogen) atoms. The van der Waals surface area contributed by atoms with E-state index in [1.165, 1.54) is 4.31 Å². The molecule has 1 aliphatic rings. The third-order valence-electron chi connectivity index (χ3n) is 4.22. The lowest BCUT2D eigenvalue weighted by molar-refractivity contribution is -0.123. The van der Waals surface area contributed by atoms with Gasteiger partial charge in [-0.3, -0.25) is 4.79 Å². The average Bonchev–Trinajstić information content (AvgIpc) is 2.46. The number of benzene rings is 1. The third-order valence-corrected chi connectivity index (χ3v) is 6.13. The number of nitrogens with zero attached hydrogens (tertiary/aromatic N) is 1. The Labute approximate surface area is 145 Å². The summed E-state index contributed by atoms with van der Waals surface area (Å²) in [4.78, 5) is 12.4. The van der Waals surface area contributed by atoms with Crippen LogP contribution in [0.2, 0.25) is 0 Å². The van der Waals surface area contributed by atoms with Gasteiger partial charge < -0.3 is 5.32 Å². The van der Waals surface area contributed by atoms with Crippen molar-refractivity contribution in [3.63, 3.8) is 0 Å². The highest BCUT2D eigenvalue weighted by Gasteiger charge is 2.30. The molecule has 1 aromatic rings. The van der Waals surface area contributed by atoms with Crippen LogP contribution in [0.4, 0.5) is 0 Å². The van der Waals surface area contributed by atoms with Crippen molar-refractivity contribution in [1.82, 2.24) is 9.62 Å². The predicted molar refractivity (Wildman–Crippen MR) is 95.2 cm³/mol. The Hall–Kier alpha value is -1.40. The summed E-state index contributed by atoms with van der Waals surface area (Å²) in [6.45, 7) is 8.77. The van der Waals surface area contributed by atoms with Crippen molar-refractivity contribution in [3.8, 4) is 0 Å². The van der Waals surface area contributed by atoms with Gasteiger partial charge in [-0.25, -0.2) is 8.42 Å². The number of nitrogens with one attached hydrogen (secondary N) is 1. The molecular weight excluding hydrogens is 324 g/mol. The number of sulfonamides is 1. The second-order valence-corrected chi connectivity index (χ2v) is 9.60. The number of hydrogen-bond donors (Lipinski definition) is 1. The Morgan fingerprint density at radius 1 is 1.17 bits per heavy atom. The number of carbonyl (C=O) groups excluding carboxylic acids is 1.